The largest absolute Gasteiger partial charge is 0.322 e. The van der Waals surface area contributed by atoms with Crippen molar-refractivity contribution in [1.82, 2.24) is 9.55 Å². The zero-order valence-corrected chi connectivity index (χ0v) is 13.6. The number of hydrogen-bond acceptors (Lipinski definition) is 2. The molecule has 0 bridgehead atoms. The first kappa shape index (κ1) is 13.9. The molecule has 20 heavy (non-hydrogen) atoms. The fourth-order valence-corrected chi connectivity index (χ4v) is 3.73. The maximum absolute atomic E-state index is 6.03. The zero-order chi connectivity index (χ0) is 14.3. The third-order valence-corrected chi connectivity index (χ3v) is 5.05. The normalized spacial score (nSPS) is 11.4. The number of aryl methyl sites for hydroxylation is 2. The van der Waals surface area contributed by atoms with Gasteiger partial charge >= 0.3 is 0 Å². The molecule has 0 unspecified atom stereocenters. The van der Waals surface area contributed by atoms with Gasteiger partial charge in [-0.05, 0) is 43.7 Å². The molecule has 0 saturated heterocycles. The van der Waals surface area contributed by atoms with Crippen molar-refractivity contribution in [3.63, 3.8) is 0 Å². The lowest BCUT2D eigenvalue weighted by Crippen LogP contribution is -2.02. The van der Waals surface area contributed by atoms with Gasteiger partial charge in [-0.25, -0.2) is 4.98 Å². The third-order valence-electron chi connectivity index (χ3n) is 3.44. The van der Waals surface area contributed by atoms with Crippen molar-refractivity contribution >= 4 is 45.6 Å². The summed E-state index contributed by atoms with van der Waals surface area (Å²) in [4.78, 5) is 7.25. The molecule has 0 fully saturated rings. The molecular weight excluding hydrogens is 311 g/mol. The Kier molecular flexibility index (Phi) is 3.76. The Balaban J connectivity index is 2.09. The summed E-state index contributed by atoms with van der Waals surface area (Å²) in [6.45, 7) is 5.10. The highest BCUT2D eigenvalue weighted by atomic mass is 35.5. The first-order chi connectivity index (χ1) is 9.58. The Labute approximate surface area is 132 Å². The number of rotatable bonds is 3. The molecule has 5 heteroatoms. The Morgan fingerprint density at radius 3 is 2.70 bits per heavy atom. The summed E-state index contributed by atoms with van der Waals surface area (Å²) in [5, 5.41) is 0.700. The molecule has 3 rings (SSSR count). The van der Waals surface area contributed by atoms with Crippen LogP contribution in [0.25, 0.3) is 11.0 Å². The van der Waals surface area contributed by atoms with Gasteiger partial charge < -0.3 is 4.57 Å². The fourth-order valence-electron chi connectivity index (χ4n) is 2.31. The molecular formula is C15H14Cl2N2S. The van der Waals surface area contributed by atoms with Crippen molar-refractivity contribution < 1.29 is 0 Å². The molecule has 0 radical (unpaired) electrons. The van der Waals surface area contributed by atoms with E-state index in [9.17, 15) is 0 Å². The number of nitrogens with zero attached hydrogens (tertiary/aromatic N) is 2. The van der Waals surface area contributed by atoms with Gasteiger partial charge in [0, 0.05) is 14.8 Å². The van der Waals surface area contributed by atoms with Crippen LogP contribution in [0.3, 0.4) is 0 Å². The monoisotopic (exact) mass is 324 g/mol. The Hall–Kier alpha value is -1.03. The van der Waals surface area contributed by atoms with Gasteiger partial charge in [0.15, 0.2) is 0 Å². The van der Waals surface area contributed by atoms with Gasteiger partial charge in [-0.2, -0.15) is 0 Å². The molecule has 0 saturated carbocycles. The summed E-state index contributed by atoms with van der Waals surface area (Å²) >= 11 is 13.9. The van der Waals surface area contributed by atoms with Crippen LogP contribution in [-0.2, 0) is 12.4 Å². The third kappa shape index (κ3) is 2.46. The molecule has 0 amide bonds. The maximum atomic E-state index is 6.03. The Morgan fingerprint density at radius 2 is 2.05 bits per heavy atom. The van der Waals surface area contributed by atoms with Crippen LogP contribution in [-0.4, -0.2) is 9.55 Å². The van der Waals surface area contributed by atoms with Crippen molar-refractivity contribution in [3.05, 3.63) is 50.4 Å². The Bertz CT molecular complexity index is 754. The quantitative estimate of drug-likeness (QED) is 0.609. The second-order valence-corrected chi connectivity index (χ2v) is 6.88. The summed E-state index contributed by atoms with van der Waals surface area (Å²) in [6.07, 6.45) is 0. The van der Waals surface area contributed by atoms with Gasteiger partial charge in [0.2, 0.25) is 0 Å². The fraction of sp³-hybridized carbons (Fsp3) is 0.267. The van der Waals surface area contributed by atoms with Crippen molar-refractivity contribution in [3.8, 4) is 0 Å². The molecule has 0 aliphatic heterocycles. The molecule has 0 spiro atoms. The van der Waals surface area contributed by atoms with E-state index in [0.29, 0.717) is 10.9 Å². The van der Waals surface area contributed by atoms with Crippen LogP contribution < -0.4 is 0 Å². The highest BCUT2D eigenvalue weighted by molar-refractivity contribution is 7.12. The first-order valence-electron chi connectivity index (χ1n) is 6.35. The van der Waals surface area contributed by atoms with E-state index >= 15 is 0 Å². The Morgan fingerprint density at radius 1 is 1.25 bits per heavy atom. The van der Waals surface area contributed by atoms with E-state index in [1.54, 1.807) is 0 Å². The van der Waals surface area contributed by atoms with Crippen molar-refractivity contribution in [2.24, 2.45) is 0 Å². The predicted molar refractivity (Wildman–Crippen MR) is 87.2 cm³/mol. The first-order valence-corrected chi connectivity index (χ1v) is 8.08. The van der Waals surface area contributed by atoms with E-state index in [4.69, 9.17) is 23.2 Å². The second-order valence-electron chi connectivity index (χ2n) is 4.83. The highest BCUT2D eigenvalue weighted by Crippen LogP contribution is 2.26. The van der Waals surface area contributed by atoms with Crippen LogP contribution >= 0.6 is 34.5 Å². The number of alkyl halides is 1. The van der Waals surface area contributed by atoms with Crippen LogP contribution in [0, 0.1) is 13.8 Å². The molecule has 3 aromatic rings. The number of fused-ring (bicyclic) bond motifs is 1. The van der Waals surface area contributed by atoms with Crippen LogP contribution in [0.4, 0.5) is 0 Å². The summed E-state index contributed by atoms with van der Waals surface area (Å²) in [5.74, 6) is 1.28. The molecule has 104 valence electrons. The number of benzene rings is 1. The van der Waals surface area contributed by atoms with Gasteiger partial charge in [0.25, 0.3) is 0 Å². The molecule has 0 N–H and O–H groups in total. The van der Waals surface area contributed by atoms with Crippen LogP contribution in [0.5, 0.6) is 0 Å². The minimum atomic E-state index is 0.398. The summed E-state index contributed by atoms with van der Waals surface area (Å²) < 4.78 is 2.17. The van der Waals surface area contributed by atoms with E-state index in [-0.39, 0.29) is 0 Å². The molecule has 0 aliphatic rings. The minimum absolute atomic E-state index is 0.398. The van der Waals surface area contributed by atoms with E-state index in [0.717, 1.165) is 23.4 Å². The number of hydrogen-bond donors (Lipinski definition) is 0. The lowest BCUT2D eigenvalue weighted by Gasteiger charge is -2.05. The summed E-state index contributed by atoms with van der Waals surface area (Å²) in [6, 6.07) is 8.02. The van der Waals surface area contributed by atoms with Gasteiger partial charge in [0.1, 0.15) is 5.82 Å². The molecule has 2 nitrogen and oxygen atoms in total. The average molecular weight is 325 g/mol. The zero-order valence-electron chi connectivity index (χ0n) is 11.3. The van der Waals surface area contributed by atoms with Gasteiger partial charge in [0.05, 0.1) is 23.5 Å². The minimum Gasteiger partial charge on any atom is -0.322 e. The molecule has 0 atom stereocenters. The van der Waals surface area contributed by atoms with Crippen LogP contribution in [0.2, 0.25) is 5.02 Å². The molecule has 2 aromatic heterocycles. The lowest BCUT2D eigenvalue weighted by molar-refractivity contribution is 0.789. The summed E-state index contributed by atoms with van der Waals surface area (Å²) in [7, 11) is 0. The number of imidazole rings is 1. The van der Waals surface area contributed by atoms with Crippen LogP contribution in [0.1, 0.15) is 21.1 Å². The number of thiophene rings is 1. The standard InChI is InChI=1S/C15H14Cl2N2S/c1-9-5-12(20-10(9)2)8-19-14-4-3-11(17)6-13(14)18-15(19)7-16/h3-6H,7-8H2,1-2H3. The van der Waals surface area contributed by atoms with E-state index in [1.807, 2.05) is 29.5 Å². The maximum Gasteiger partial charge on any atom is 0.125 e. The van der Waals surface area contributed by atoms with Gasteiger partial charge in [-0.3, -0.25) is 0 Å². The van der Waals surface area contributed by atoms with Crippen molar-refractivity contribution in [2.45, 2.75) is 26.3 Å². The van der Waals surface area contributed by atoms with Crippen molar-refractivity contribution in [1.29, 1.82) is 0 Å². The van der Waals surface area contributed by atoms with E-state index < -0.39 is 0 Å². The van der Waals surface area contributed by atoms with Crippen LogP contribution in [0.15, 0.2) is 24.3 Å². The SMILES string of the molecule is Cc1cc(Cn2c(CCl)nc3cc(Cl)ccc32)sc1C. The molecule has 1 aromatic carbocycles. The second kappa shape index (κ2) is 5.40. The van der Waals surface area contributed by atoms with Gasteiger partial charge in [-0.15, -0.1) is 22.9 Å². The topological polar surface area (TPSA) is 17.8 Å². The smallest absolute Gasteiger partial charge is 0.125 e. The van der Waals surface area contributed by atoms with Gasteiger partial charge in [-0.1, -0.05) is 11.6 Å². The van der Waals surface area contributed by atoms with Crippen molar-refractivity contribution in [2.75, 3.05) is 0 Å². The predicted octanol–water partition coefficient (Wildman–Crippen LogP) is 5.16. The molecule has 2 heterocycles. The average Bonchev–Trinajstić information content (AvgIpc) is 2.91. The van der Waals surface area contributed by atoms with E-state index in [1.165, 1.54) is 15.3 Å². The summed E-state index contributed by atoms with van der Waals surface area (Å²) in [5.41, 5.74) is 3.32. The lowest BCUT2D eigenvalue weighted by atomic mass is 10.3. The number of aromatic nitrogens is 2. The molecule has 0 aliphatic carbocycles. The highest BCUT2D eigenvalue weighted by Gasteiger charge is 2.12. The van der Waals surface area contributed by atoms with E-state index in [2.05, 4.69) is 29.5 Å². The number of halogens is 2.